The molecule has 3 N–H and O–H groups in total. The Kier molecular flexibility index (Phi) is 4.16. The monoisotopic (exact) mass is 296 g/mol. The fourth-order valence-corrected chi connectivity index (χ4v) is 2.51. The number of aromatic nitrogens is 2. The lowest BCUT2D eigenvalue weighted by Crippen LogP contribution is -2.83. The number of hydrogen-bond acceptors (Lipinski definition) is 2. The number of nitrogens with zero attached hydrogens (tertiary/aromatic N) is 1. The molecule has 0 unspecified atom stereocenters. The number of H-pyrrole nitrogens is 1. The summed E-state index contributed by atoms with van der Waals surface area (Å²) in [5.41, 5.74) is 1.23. The summed E-state index contributed by atoms with van der Waals surface area (Å²) in [5.74, 6) is 0. The summed E-state index contributed by atoms with van der Waals surface area (Å²) in [5, 5.41) is 2.64. The molecule has 0 saturated carbocycles. The van der Waals surface area contributed by atoms with Gasteiger partial charge in [-0.2, -0.15) is 0 Å². The Morgan fingerprint density at radius 1 is 0.955 bits per heavy atom. The molecule has 2 aromatic carbocycles. The molecular formula is C17H18N3O2+. The first kappa shape index (κ1) is 14.3. The van der Waals surface area contributed by atoms with E-state index in [1.54, 1.807) is 24.3 Å². The highest BCUT2D eigenvalue weighted by atomic mass is 16.2. The first-order valence-electron chi connectivity index (χ1n) is 7.33. The maximum absolute atomic E-state index is 12.3. The number of nitrogens with one attached hydrogen (secondary N) is 1. The molecule has 0 fully saturated rings. The van der Waals surface area contributed by atoms with Gasteiger partial charge in [-0.25, -0.2) is 4.79 Å². The lowest BCUT2D eigenvalue weighted by molar-refractivity contribution is -0.671. The molecule has 1 heterocycles. The maximum Gasteiger partial charge on any atom is 0.329 e. The van der Waals surface area contributed by atoms with Crippen molar-refractivity contribution in [3.63, 3.8) is 0 Å². The minimum absolute atomic E-state index is 0.229. The minimum atomic E-state index is -0.350. The van der Waals surface area contributed by atoms with Gasteiger partial charge in [-0.3, -0.25) is 9.36 Å². The molecule has 0 aliphatic carbocycles. The van der Waals surface area contributed by atoms with E-state index in [4.69, 9.17) is 0 Å². The van der Waals surface area contributed by atoms with Crippen molar-refractivity contribution in [2.45, 2.75) is 13.1 Å². The van der Waals surface area contributed by atoms with Crippen molar-refractivity contribution < 1.29 is 5.32 Å². The van der Waals surface area contributed by atoms with Gasteiger partial charge in [0.2, 0.25) is 0 Å². The van der Waals surface area contributed by atoms with E-state index < -0.39 is 0 Å². The van der Waals surface area contributed by atoms with Crippen LogP contribution in [0.25, 0.3) is 10.9 Å². The molecule has 1 aromatic heterocycles. The molecular weight excluding hydrogens is 278 g/mol. The average Bonchev–Trinajstić information content (AvgIpc) is 2.55. The quantitative estimate of drug-likeness (QED) is 0.671. The number of aromatic amines is 1. The SMILES string of the molecule is O=c1[nH]c2ccccc2c(=O)n1CC[NH2+]Cc1ccccc1. The normalized spacial score (nSPS) is 10.9. The zero-order valence-corrected chi connectivity index (χ0v) is 12.2. The molecule has 0 aliphatic rings. The number of para-hydroxylation sites is 1. The Morgan fingerprint density at radius 3 is 2.50 bits per heavy atom. The van der Waals surface area contributed by atoms with Crippen LogP contribution in [0.2, 0.25) is 0 Å². The number of benzene rings is 2. The van der Waals surface area contributed by atoms with E-state index in [9.17, 15) is 9.59 Å². The summed E-state index contributed by atoms with van der Waals surface area (Å²) in [7, 11) is 0. The van der Waals surface area contributed by atoms with Crippen LogP contribution >= 0.6 is 0 Å². The van der Waals surface area contributed by atoms with E-state index in [2.05, 4.69) is 22.4 Å². The Morgan fingerprint density at radius 2 is 1.68 bits per heavy atom. The lowest BCUT2D eigenvalue weighted by atomic mass is 10.2. The highest BCUT2D eigenvalue weighted by Gasteiger charge is 2.07. The van der Waals surface area contributed by atoms with Crippen LogP contribution in [0.15, 0.2) is 64.2 Å². The van der Waals surface area contributed by atoms with Crippen LogP contribution in [0, 0.1) is 0 Å². The predicted octanol–water partition coefficient (Wildman–Crippen LogP) is 0.453. The zero-order valence-electron chi connectivity index (χ0n) is 12.2. The standard InChI is InChI=1S/C17H17N3O2/c21-16-14-8-4-5-9-15(14)19-17(22)20(16)11-10-18-12-13-6-2-1-3-7-13/h1-9,18H,10-12H2,(H,19,22)/p+1. The second-order valence-electron chi connectivity index (χ2n) is 5.20. The molecule has 0 radical (unpaired) electrons. The predicted molar refractivity (Wildman–Crippen MR) is 85.8 cm³/mol. The third-order valence-corrected chi connectivity index (χ3v) is 3.67. The van der Waals surface area contributed by atoms with Gasteiger partial charge in [0.25, 0.3) is 5.56 Å². The van der Waals surface area contributed by atoms with Crippen molar-refractivity contribution >= 4 is 10.9 Å². The third kappa shape index (κ3) is 2.99. The molecule has 3 aromatic rings. The van der Waals surface area contributed by atoms with E-state index in [0.717, 1.165) is 6.54 Å². The number of quaternary nitrogens is 1. The first-order chi connectivity index (χ1) is 10.8. The van der Waals surface area contributed by atoms with Gasteiger partial charge < -0.3 is 10.3 Å². The fourth-order valence-electron chi connectivity index (χ4n) is 2.51. The lowest BCUT2D eigenvalue weighted by Gasteiger charge is -2.06. The Balaban J connectivity index is 1.72. The molecule has 112 valence electrons. The van der Waals surface area contributed by atoms with Crippen molar-refractivity contribution in [3.8, 4) is 0 Å². The molecule has 0 atom stereocenters. The van der Waals surface area contributed by atoms with Crippen molar-refractivity contribution in [2.24, 2.45) is 0 Å². The van der Waals surface area contributed by atoms with Crippen LogP contribution in [-0.4, -0.2) is 16.1 Å². The Bertz CT molecular complexity index is 882. The number of rotatable bonds is 5. The van der Waals surface area contributed by atoms with E-state index in [1.165, 1.54) is 10.1 Å². The Hall–Kier alpha value is -2.66. The van der Waals surface area contributed by atoms with E-state index >= 15 is 0 Å². The van der Waals surface area contributed by atoms with Gasteiger partial charge in [0.15, 0.2) is 0 Å². The molecule has 0 spiro atoms. The van der Waals surface area contributed by atoms with Crippen LogP contribution in [0.5, 0.6) is 0 Å². The van der Waals surface area contributed by atoms with Crippen molar-refractivity contribution in [2.75, 3.05) is 6.54 Å². The molecule has 3 rings (SSSR count). The second kappa shape index (κ2) is 6.41. The summed E-state index contributed by atoms with van der Waals surface area (Å²) < 4.78 is 1.27. The summed E-state index contributed by atoms with van der Waals surface area (Å²) >= 11 is 0. The maximum atomic E-state index is 12.3. The van der Waals surface area contributed by atoms with Gasteiger partial charge in [-0.15, -0.1) is 0 Å². The highest BCUT2D eigenvalue weighted by molar-refractivity contribution is 5.76. The van der Waals surface area contributed by atoms with Crippen LogP contribution in [0.3, 0.4) is 0 Å². The van der Waals surface area contributed by atoms with Crippen molar-refractivity contribution in [3.05, 3.63) is 81.0 Å². The second-order valence-corrected chi connectivity index (χ2v) is 5.20. The number of fused-ring (bicyclic) bond motifs is 1. The molecule has 5 heteroatoms. The van der Waals surface area contributed by atoms with Crippen LogP contribution < -0.4 is 16.6 Å². The van der Waals surface area contributed by atoms with Crippen molar-refractivity contribution in [1.82, 2.24) is 9.55 Å². The van der Waals surface area contributed by atoms with E-state index in [-0.39, 0.29) is 11.2 Å². The van der Waals surface area contributed by atoms with Gasteiger partial charge >= 0.3 is 5.69 Å². The van der Waals surface area contributed by atoms with Crippen molar-refractivity contribution in [1.29, 1.82) is 0 Å². The van der Waals surface area contributed by atoms with Crippen LogP contribution in [-0.2, 0) is 13.1 Å². The average molecular weight is 296 g/mol. The van der Waals surface area contributed by atoms with Crippen LogP contribution in [0.4, 0.5) is 0 Å². The summed E-state index contributed by atoms with van der Waals surface area (Å²) in [6, 6.07) is 17.2. The summed E-state index contributed by atoms with van der Waals surface area (Å²) in [6.45, 7) is 1.91. The smallest absolute Gasteiger partial charge is 0.329 e. The van der Waals surface area contributed by atoms with Crippen LogP contribution in [0.1, 0.15) is 5.56 Å². The number of hydrogen-bond donors (Lipinski definition) is 2. The summed E-state index contributed by atoms with van der Waals surface area (Å²) in [6.07, 6.45) is 0. The fraction of sp³-hybridized carbons (Fsp3) is 0.176. The first-order valence-corrected chi connectivity index (χ1v) is 7.33. The molecule has 0 aliphatic heterocycles. The molecule has 0 bridgehead atoms. The van der Waals surface area contributed by atoms with Gasteiger partial charge in [-0.1, -0.05) is 42.5 Å². The molecule has 0 amide bonds. The number of nitrogens with two attached hydrogens (primary N) is 1. The van der Waals surface area contributed by atoms with Gasteiger partial charge in [-0.05, 0) is 12.1 Å². The van der Waals surface area contributed by atoms with E-state index in [1.807, 2.05) is 18.2 Å². The van der Waals surface area contributed by atoms with E-state index in [0.29, 0.717) is 24.0 Å². The minimum Gasteiger partial charge on any atom is -0.341 e. The third-order valence-electron chi connectivity index (χ3n) is 3.67. The molecule has 22 heavy (non-hydrogen) atoms. The largest absolute Gasteiger partial charge is 0.341 e. The topological polar surface area (TPSA) is 71.5 Å². The van der Waals surface area contributed by atoms with Gasteiger partial charge in [0.1, 0.15) is 6.54 Å². The molecule has 5 nitrogen and oxygen atoms in total. The molecule has 0 saturated heterocycles. The Labute approximate surface area is 127 Å². The zero-order chi connectivity index (χ0) is 15.4. The van der Waals surface area contributed by atoms with Gasteiger partial charge in [0, 0.05) is 5.56 Å². The summed E-state index contributed by atoms with van der Waals surface area (Å²) in [4.78, 5) is 27.1. The highest BCUT2D eigenvalue weighted by Crippen LogP contribution is 2.02. The van der Waals surface area contributed by atoms with Gasteiger partial charge in [0.05, 0.1) is 24.0 Å².